The fourth-order valence-electron chi connectivity index (χ4n) is 2.44. The van der Waals surface area contributed by atoms with Gasteiger partial charge >= 0.3 is 0 Å². The maximum atomic E-state index is 5.88. The molecular weight excluding hydrogens is 314 g/mol. The molecule has 3 heteroatoms. The Morgan fingerprint density at radius 1 is 0.800 bits per heavy atom. The van der Waals surface area contributed by atoms with Crippen LogP contribution in [0.25, 0.3) is 33.3 Å². The molecule has 96 valence electrons. The van der Waals surface area contributed by atoms with Crippen LogP contribution in [-0.4, -0.2) is 4.98 Å². The minimum atomic E-state index is 0.662. The van der Waals surface area contributed by atoms with Crippen molar-refractivity contribution in [3.63, 3.8) is 0 Å². The maximum absolute atomic E-state index is 5.88. The van der Waals surface area contributed by atoms with E-state index in [-0.39, 0.29) is 0 Å². The number of nitrogens with zero attached hydrogens (tertiary/aromatic N) is 1. The van der Waals surface area contributed by atoms with Crippen LogP contribution in [0, 0.1) is 0 Å². The van der Waals surface area contributed by atoms with Crippen molar-refractivity contribution in [2.75, 3.05) is 0 Å². The van der Waals surface area contributed by atoms with E-state index < -0.39 is 0 Å². The molecule has 0 radical (unpaired) electrons. The largest absolute Gasteiger partial charge is 0.436 e. The zero-order valence-corrected chi connectivity index (χ0v) is 12.1. The summed E-state index contributed by atoms with van der Waals surface area (Å²) in [5.41, 5.74) is 2.71. The van der Waals surface area contributed by atoms with Gasteiger partial charge in [-0.15, -0.1) is 0 Å². The summed E-state index contributed by atoms with van der Waals surface area (Å²) in [5.74, 6) is 0.662. The van der Waals surface area contributed by atoms with E-state index in [9.17, 15) is 0 Å². The molecule has 2 nitrogen and oxygen atoms in total. The summed E-state index contributed by atoms with van der Waals surface area (Å²) in [7, 11) is 0. The SMILES string of the molecule is Brc1ccc(-c2nc3ccccc3o2)c2ccccc12. The van der Waals surface area contributed by atoms with Crippen LogP contribution < -0.4 is 0 Å². The Balaban J connectivity index is 2.04. The van der Waals surface area contributed by atoms with Gasteiger partial charge in [0.05, 0.1) is 0 Å². The molecule has 0 saturated heterocycles. The van der Waals surface area contributed by atoms with Gasteiger partial charge in [-0.05, 0) is 35.0 Å². The molecule has 0 bridgehead atoms. The molecule has 0 unspecified atom stereocenters. The highest BCUT2D eigenvalue weighted by atomic mass is 79.9. The van der Waals surface area contributed by atoms with Crippen molar-refractivity contribution >= 4 is 37.8 Å². The van der Waals surface area contributed by atoms with E-state index in [1.165, 1.54) is 0 Å². The second kappa shape index (κ2) is 4.46. The van der Waals surface area contributed by atoms with Crippen LogP contribution in [0.3, 0.4) is 0 Å². The second-order valence-electron chi connectivity index (χ2n) is 4.63. The number of fused-ring (bicyclic) bond motifs is 2. The maximum Gasteiger partial charge on any atom is 0.227 e. The Morgan fingerprint density at radius 3 is 2.40 bits per heavy atom. The minimum Gasteiger partial charge on any atom is -0.436 e. The van der Waals surface area contributed by atoms with Gasteiger partial charge in [0.1, 0.15) is 5.52 Å². The van der Waals surface area contributed by atoms with Crippen LogP contribution in [0.1, 0.15) is 0 Å². The molecule has 3 aromatic carbocycles. The Hall–Kier alpha value is -2.13. The van der Waals surface area contributed by atoms with Gasteiger partial charge < -0.3 is 4.42 Å². The van der Waals surface area contributed by atoms with Gasteiger partial charge in [0, 0.05) is 10.0 Å². The van der Waals surface area contributed by atoms with Crippen LogP contribution in [0.5, 0.6) is 0 Å². The summed E-state index contributed by atoms with van der Waals surface area (Å²) in [6, 6.07) is 20.1. The predicted molar refractivity (Wildman–Crippen MR) is 84.7 cm³/mol. The number of benzene rings is 3. The zero-order valence-electron chi connectivity index (χ0n) is 10.5. The lowest BCUT2D eigenvalue weighted by Gasteiger charge is -2.04. The summed E-state index contributed by atoms with van der Waals surface area (Å²) < 4.78 is 6.95. The quantitative estimate of drug-likeness (QED) is 0.468. The van der Waals surface area contributed by atoms with Crippen molar-refractivity contribution in [2.45, 2.75) is 0 Å². The molecule has 0 aliphatic rings. The first-order valence-corrected chi connectivity index (χ1v) is 7.15. The van der Waals surface area contributed by atoms with Crippen LogP contribution >= 0.6 is 15.9 Å². The van der Waals surface area contributed by atoms with E-state index in [0.29, 0.717) is 5.89 Å². The molecule has 0 aliphatic carbocycles. The zero-order chi connectivity index (χ0) is 13.5. The molecule has 1 heterocycles. The van der Waals surface area contributed by atoms with Crippen molar-refractivity contribution < 1.29 is 4.42 Å². The average molecular weight is 324 g/mol. The molecular formula is C17H10BrNO. The highest BCUT2D eigenvalue weighted by molar-refractivity contribution is 9.10. The van der Waals surface area contributed by atoms with Gasteiger partial charge in [0.15, 0.2) is 5.58 Å². The van der Waals surface area contributed by atoms with E-state index in [2.05, 4.69) is 33.0 Å². The Kier molecular flexibility index (Phi) is 2.60. The van der Waals surface area contributed by atoms with Crippen LogP contribution in [0.2, 0.25) is 0 Å². The monoisotopic (exact) mass is 323 g/mol. The summed E-state index contributed by atoms with van der Waals surface area (Å²) >= 11 is 3.59. The van der Waals surface area contributed by atoms with Gasteiger partial charge in [0.2, 0.25) is 5.89 Å². The summed E-state index contributed by atoms with van der Waals surface area (Å²) in [5, 5.41) is 2.29. The molecule has 4 rings (SSSR count). The molecule has 0 N–H and O–H groups in total. The number of aromatic nitrogens is 1. The third-order valence-electron chi connectivity index (χ3n) is 3.40. The predicted octanol–water partition coefficient (Wildman–Crippen LogP) is 5.41. The Bertz CT molecular complexity index is 893. The highest BCUT2D eigenvalue weighted by Crippen LogP contribution is 2.34. The first-order valence-electron chi connectivity index (χ1n) is 6.36. The smallest absolute Gasteiger partial charge is 0.227 e. The number of para-hydroxylation sites is 2. The lowest BCUT2D eigenvalue weighted by molar-refractivity contribution is 0.620. The second-order valence-corrected chi connectivity index (χ2v) is 5.48. The fraction of sp³-hybridized carbons (Fsp3) is 0. The molecule has 0 aliphatic heterocycles. The van der Waals surface area contributed by atoms with Crippen LogP contribution in [0.4, 0.5) is 0 Å². The van der Waals surface area contributed by atoms with Crippen molar-refractivity contribution in [1.82, 2.24) is 4.98 Å². The Morgan fingerprint density at radius 2 is 1.55 bits per heavy atom. The topological polar surface area (TPSA) is 26.0 Å². The molecule has 20 heavy (non-hydrogen) atoms. The summed E-state index contributed by atoms with van der Waals surface area (Å²) in [6.07, 6.45) is 0. The third kappa shape index (κ3) is 1.74. The molecule has 1 aromatic heterocycles. The van der Waals surface area contributed by atoms with E-state index in [1.54, 1.807) is 0 Å². The summed E-state index contributed by atoms with van der Waals surface area (Å²) in [6.45, 7) is 0. The summed E-state index contributed by atoms with van der Waals surface area (Å²) in [4.78, 5) is 4.58. The van der Waals surface area contributed by atoms with Crippen LogP contribution in [0.15, 0.2) is 69.6 Å². The minimum absolute atomic E-state index is 0.662. The highest BCUT2D eigenvalue weighted by Gasteiger charge is 2.12. The van der Waals surface area contributed by atoms with Gasteiger partial charge in [-0.1, -0.05) is 52.3 Å². The van der Waals surface area contributed by atoms with Crippen molar-refractivity contribution in [3.8, 4) is 11.5 Å². The lowest BCUT2D eigenvalue weighted by atomic mass is 10.0. The molecule has 0 fully saturated rings. The lowest BCUT2D eigenvalue weighted by Crippen LogP contribution is -1.82. The molecule has 0 saturated carbocycles. The van der Waals surface area contributed by atoms with Crippen molar-refractivity contribution in [1.29, 1.82) is 0 Å². The third-order valence-corrected chi connectivity index (χ3v) is 4.09. The molecule has 0 amide bonds. The van der Waals surface area contributed by atoms with Gasteiger partial charge in [-0.2, -0.15) is 0 Å². The molecule has 4 aromatic rings. The van der Waals surface area contributed by atoms with Gasteiger partial charge in [0.25, 0.3) is 0 Å². The van der Waals surface area contributed by atoms with E-state index in [1.807, 2.05) is 48.5 Å². The van der Waals surface area contributed by atoms with Gasteiger partial charge in [-0.3, -0.25) is 0 Å². The van der Waals surface area contributed by atoms with Crippen molar-refractivity contribution in [2.24, 2.45) is 0 Å². The van der Waals surface area contributed by atoms with Gasteiger partial charge in [-0.25, -0.2) is 4.98 Å². The van der Waals surface area contributed by atoms with Crippen molar-refractivity contribution in [3.05, 3.63) is 65.1 Å². The molecule has 0 atom stereocenters. The average Bonchev–Trinajstić information content (AvgIpc) is 2.91. The first-order chi connectivity index (χ1) is 9.83. The standard InChI is InChI=1S/C17H10BrNO/c18-14-10-9-13(11-5-1-2-6-12(11)14)17-19-15-7-3-4-8-16(15)20-17/h1-10H. The Labute approximate surface area is 124 Å². The van der Waals surface area contributed by atoms with E-state index in [4.69, 9.17) is 4.42 Å². The van der Waals surface area contributed by atoms with Crippen LogP contribution in [-0.2, 0) is 0 Å². The van der Waals surface area contributed by atoms with E-state index >= 15 is 0 Å². The number of hydrogen-bond donors (Lipinski definition) is 0. The number of hydrogen-bond acceptors (Lipinski definition) is 2. The number of halogens is 1. The number of rotatable bonds is 1. The van der Waals surface area contributed by atoms with E-state index in [0.717, 1.165) is 31.9 Å². The fourth-order valence-corrected chi connectivity index (χ4v) is 2.91. The number of oxazole rings is 1. The normalized spacial score (nSPS) is 11.2. The first kappa shape index (κ1) is 11.7. The molecule has 0 spiro atoms.